The van der Waals surface area contributed by atoms with Crippen molar-refractivity contribution in [3.8, 4) is 27.8 Å². The molecule has 8 heteroatoms. The van der Waals surface area contributed by atoms with Crippen molar-refractivity contribution in [2.24, 2.45) is 0 Å². The number of carbonyl (C=O) groups excluding carboxylic acids is 1. The van der Waals surface area contributed by atoms with Crippen LogP contribution in [0, 0.1) is 0 Å². The molecule has 1 aromatic heterocycles. The third kappa shape index (κ3) is 4.36. The number of fused-ring (bicyclic) bond motifs is 1. The first-order valence-corrected chi connectivity index (χ1v) is 11.4. The minimum Gasteiger partial charge on any atom is -0.493 e. The first-order chi connectivity index (χ1) is 15.5. The molecule has 2 heterocycles. The lowest BCUT2D eigenvalue weighted by atomic mass is 10.2. The smallest absolute Gasteiger partial charge is 0.273 e. The average Bonchev–Trinajstić information content (AvgIpc) is 3.32. The Morgan fingerprint density at radius 1 is 1.22 bits per heavy atom. The summed E-state index contributed by atoms with van der Waals surface area (Å²) in [6.07, 6.45) is -0.109. The molecule has 1 amide bonds. The van der Waals surface area contributed by atoms with Gasteiger partial charge in [-0.2, -0.15) is 0 Å². The zero-order chi connectivity index (χ0) is 22.7. The fourth-order valence-electron chi connectivity index (χ4n) is 3.83. The van der Waals surface area contributed by atoms with Crippen LogP contribution in [-0.4, -0.2) is 62.8 Å². The standard InChI is InChI=1S/C24H27N3O4S/c1-5-27-14-17(31-20-9-7-6-8-19(20)27)13-26(2)24(28)18-15-32-23(25-18)16-10-11-21(29-3)22(12-16)30-4/h6-12,15,17H,5,13-14H2,1-4H3. The van der Waals surface area contributed by atoms with Gasteiger partial charge in [-0.1, -0.05) is 12.1 Å². The van der Waals surface area contributed by atoms with E-state index in [1.54, 1.807) is 31.5 Å². The predicted octanol–water partition coefficient (Wildman–Crippen LogP) is 4.19. The van der Waals surface area contributed by atoms with Crippen LogP contribution >= 0.6 is 11.3 Å². The SMILES string of the molecule is CCN1CC(CN(C)C(=O)c2csc(-c3ccc(OC)c(OC)c3)n2)Oc2ccccc21. The van der Waals surface area contributed by atoms with E-state index in [1.165, 1.54) is 11.3 Å². The first-order valence-electron chi connectivity index (χ1n) is 10.5. The minimum atomic E-state index is -0.126. The van der Waals surface area contributed by atoms with Crippen molar-refractivity contribution in [1.82, 2.24) is 9.88 Å². The Labute approximate surface area is 192 Å². The van der Waals surface area contributed by atoms with Gasteiger partial charge in [-0.05, 0) is 37.3 Å². The molecule has 32 heavy (non-hydrogen) atoms. The fourth-order valence-corrected chi connectivity index (χ4v) is 4.62. The number of hydrogen-bond acceptors (Lipinski definition) is 7. The Hall–Kier alpha value is -3.26. The van der Waals surface area contributed by atoms with Gasteiger partial charge in [0.15, 0.2) is 11.5 Å². The van der Waals surface area contributed by atoms with Crippen LogP contribution in [0.3, 0.4) is 0 Å². The molecule has 0 N–H and O–H groups in total. The van der Waals surface area contributed by atoms with Gasteiger partial charge in [-0.25, -0.2) is 4.98 Å². The van der Waals surface area contributed by atoms with E-state index < -0.39 is 0 Å². The largest absolute Gasteiger partial charge is 0.493 e. The Morgan fingerprint density at radius 3 is 2.75 bits per heavy atom. The maximum atomic E-state index is 13.0. The van der Waals surface area contributed by atoms with Crippen LogP contribution in [0.1, 0.15) is 17.4 Å². The normalized spacial score (nSPS) is 15.0. The van der Waals surface area contributed by atoms with E-state index in [9.17, 15) is 4.79 Å². The molecule has 0 bridgehead atoms. The summed E-state index contributed by atoms with van der Waals surface area (Å²) in [4.78, 5) is 21.6. The van der Waals surface area contributed by atoms with Gasteiger partial charge in [0.2, 0.25) is 0 Å². The summed E-state index contributed by atoms with van der Waals surface area (Å²) in [5.41, 5.74) is 2.39. The van der Waals surface area contributed by atoms with Gasteiger partial charge in [0.1, 0.15) is 22.6 Å². The van der Waals surface area contributed by atoms with Gasteiger partial charge in [-0.15, -0.1) is 11.3 Å². The van der Waals surface area contributed by atoms with Gasteiger partial charge in [0.25, 0.3) is 5.91 Å². The Morgan fingerprint density at radius 2 is 2.00 bits per heavy atom. The highest BCUT2D eigenvalue weighted by Gasteiger charge is 2.27. The monoisotopic (exact) mass is 453 g/mol. The summed E-state index contributed by atoms with van der Waals surface area (Å²) in [6.45, 7) is 4.22. The maximum Gasteiger partial charge on any atom is 0.273 e. The lowest BCUT2D eigenvalue weighted by Gasteiger charge is -2.37. The molecule has 0 radical (unpaired) electrons. The number of ether oxygens (including phenoxy) is 3. The molecule has 0 aliphatic carbocycles. The third-order valence-electron chi connectivity index (χ3n) is 5.48. The molecule has 0 saturated carbocycles. The number of aromatic nitrogens is 1. The predicted molar refractivity (Wildman–Crippen MR) is 126 cm³/mol. The zero-order valence-corrected chi connectivity index (χ0v) is 19.5. The maximum absolute atomic E-state index is 13.0. The van der Waals surface area contributed by atoms with Crippen molar-refractivity contribution >= 4 is 22.9 Å². The number of amides is 1. The number of likely N-dealkylation sites (N-methyl/N-ethyl adjacent to an activating group) is 2. The van der Waals surface area contributed by atoms with Crippen LogP contribution in [0.25, 0.3) is 10.6 Å². The van der Waals surface area contributed by atoms with Gasteiger partial charge in [-0.3, -0.25) is 4.79 Å². The number of anilines is 1. The Balaban J connectivity index is 1.46. The average molecular weight is 454 g/mol. The zero-order valence-electron chi connectivity index (χ0n) is 18.7. The molecule has 7 nitrogen and oxygen atoms in total. The molecule has 0 fully saturated rings. The van der Waals surface area contributed by atoms with Crippen LogP contribution in [0.2, 0.25) is 0 Å². The van der Waals surface area contributed by atoms with Crippen molar-refractivity contribution in [2.45, 2.75) is 13.0 Å². The number of methoxy groups -OCH3 is 2. The lowest BCUT2D eigenvalue weighted by molar-refractivity contribution is 0.0705. The minimum absolute atomic E-state index is 0.109. The molecular weight excluding hydrogens is 426 g/mol. The number of hydrogen-bond donors (Lipinski definition) is 0. The van der Waals surface area contributed by atoms with Crippen LogP contribution in [0.4, 0.5) is 5.69 Å². The molecule has 0 saturated heterocycles. The fraction of sp³-hybridized carbons (Fsp3) is 0.333. The van der Waals surface area contributed by atoms with Crippen LogP contribution < -0.4 is 19.1 Å². The highest BCUT2D eigenvalue weighted by atomic mass is 32.1. The van der Waals surface area contributed by atoms with Gasteiger partial charge < -0.3 is 24.0 Å². The molecule has 1 unspecified atom stereocenters. The molecule has 0 spiro atoms. The van der Waals surface area contributed by atoms with Crippen molar-refractivity contribution in [3.05, 3.63) is 53.5 Å². The molecule has 1 atom stereocenters. The van der Waals surface area contributed by atoms with Crippen LogP contribution in [-0.2, 0) is 0 Å². The topological polar surface area (TPSA) is 64.1 Å². The Bertz CT molecular complexity index is 1100. The number of benzene rings is 2. The summed E-state index contributed by atoms with van der Waals surface area (Å²) >= 11 is 1.43. The number of rotatable bonds is 7. The number of para-hydroxylation sites is 2. The highest BCUT2D eigenvalue weighted by Crippen LogP contribution is 2.34. The second-order valence-corrected chi connectivity index (χ2v) is 8.40. The van der Waals surface area contributed by atoms with E-state index in [0.717, 1.165) is 35.1 Å². The highest BCUT2D eigenvalue weighted by molar-refractivity contribution is 7.13. The number of carbonyl (C=O) groups is 1. The van der Waals surface area contributed by atoms with Crippen LogP contribution in [0.5, 0.6) is 17.2 Å². The van der Waals surface area contributed by atoms with Gasteiger partial charge in [0.05, 0.1) is 33.0 Å². The second kappa shape index (κ2) is 9.48. The molecular formula is C24H27N3O4S. The summed E-state index contributed by atoms with van der Waals surface area (Å²) in [5.74, 6) is 2.01. The van der Waals surface area contributed by atoms with Gasteiger partial charge >= 0.3 is 0 Å². The van der Waals surface area contributed by atoms with E-state index in [1.807, 2.05) is 36.4 Å². The molecule has 1 aliphatic rings. The molecule has 168 valence electrons. The van der Waals surface area contributed by atoms with Gasteiger partial charge in [0, 0.05) is 24.5 Å². The van der Waals surface area contributed by atoms with E-state index in [-0.39, 0.29) is 12.0 Å². The van der Waals surface area contributed by atoms with Crippen molar-refractivity contribution < 1.29 is 19.0 Å². The van der Waals surface area contributed by atoms with E-state index in [2.05, 4.69) is 22.9 Å². The molecule has 1 aliphatic heterocycles. The molecule has 3 aromatic rings. The molecule has 4 rings (SSSR count). The van der Waals surface area contributed by atoms with Crippen LogP contribution in [0.15, 0.2) is 47.8 Å². The summed E-state index contributed by atoms with van der Waals surface area (Å²) in [7, 11) is 4.98. The summed E-state index contributed by atoms with van der Waals surface area (Å²) < 4.78 is 16.8. The van der Waals surface area contributed by atoms with Crippen molar-refractivity contribution in [2.75, 3.05) is 45.8 Å². The van der Waals surface area contributed by atoms with E-state index >= 15 is 0 Å². The molecule has 2 aromatic carbocycles. The first kappa shape index (κ1) is 22.0. The van der Waals surface area contributed by atoms with E-state index in [4.69, 9.17) is 14.2 Å². The lowest BCUT2D eigenvalue weighted by Crippen LogP contribution is -2.46. The Kier molecular flexibility index (Phi) is 6.50. The quantitative estimate of drug-likeness (QED) is 0.535. The number of thiazole rings is 1. The summed E-state index contributed by atoms with van der Waals surface area (Å²) in [6, 6.07) is 13.6. The summed E-state index contributed by atoms with van der Waals surface area (Å²) in [5, 5.41) is 2.54. The second-order valence-electron chi connectivity index (χ2n) is 7.54. The van der Waals surface area contributed by atoms with E-state index in [0.29, 0.717) is 23.7 Å². The van der Waals surface area contributed by atoms with Crippen molar-refractivity contribution in [1.29, 1.82) is 0 Å². The number of nitrogens with zero attached hydrogens (tertiary/aromatic N) is 3. The third-order valence-corrected chi connectivity index (χ3v) is 6.37. The van der Waals surface area contributed by atoms with Crippen molar-refractivity contribution in [3.63, 3.8) is 0 Å².